The lowest BCUT2D eigenvalue weighted by molar-refractivity contribution is 0.530. The van der Waals surface area contributed by atoms with Crippen molar-refractivity contribution in [2.45, 2.75) is 65.3 Å². The first-order valence-electron chi connectivity index (χ1n) is 6.87. The van der Waals surface area contributed by atoms with E-state index in [2.05, 4.69) is 36.3 Å². The van der Waals surface area contributed by atoms with Crippen LogP contribution in [0.2, 0.25) is 0 Å². The van der Waals surface area contributed by atoms with Crippen LogP contribution in [0.15, 0.2) is 0 Å². The Morgan fingerprint density at radius 3 is 2.59 bits per heavy atom. The normalized spacial score (nSPS) is 12.9. The first-order chi connectivity index (χ1) is 8.31. The van der Waals surface area contributed by atoms with Crippen molar-refractivity contribution < 1.29 is 0 Å². The topological polar surface area (TPSA) is 37.8 Å². The van der Waals surface area contributed by atoms with Crippen LogP contribution >= 0.6 is 11.3 Å². The lowest BCUT2D eigenvalue weighted by Crippen LogP contribution is -2.19. The van der Waals surface area contributed by atoms with Crippen LogP contribution in [0.3, 0.4) is 0 Å². The van der Waals surface area contributed by atoms with E-state index < -0.39 is 0 Å². The van der Waals surface area contributed by atoms with E-state index in [0.29, 0.717) is 6.04 Å². The van der Waals surface area contributed by atoms with E-state index in [1.54, 1.807) is 11.3 Å². The zero-order chi connectivity index (χ0) is 12.5. The Morgan fingerprint density at radius 1 is 1.12 bits per heavy atom. The van der Waals surface area contributed by atoms with Gasteiger partial charge >= 0.3 is 0 Å². The first kappa shape index (κ1) is 14.6. The number of rotatable bonds is 9. The monoisotopic (exact) mass is 255 g/mol. The summed E-state index contributed by atoms with van der Waals surface area (Å²) in [6.45, 7) is 7.56. The molecule has 0 bridgehead atoms. The summed E-state index contributed by atoms with van der Waals surface area (Å²) in [5.74, 6) is 0. The van der Waals surface area contributed by atoms with E-state index in [-0.39, 0.29) is 0 Å². The van der Waals surface area contributed by atoms with Crippen LogP contribution in [0.25, 0.3) is 0 Å². The van der Waals surface area contributed by atoms with Gasteiger partial charge in [0.2, 0.25) is 0 Å². The van der Waals surface area contributed by atoms with E-state index in [1.807, 2.05) is 0 Å². The molecule has 1 rings (SSSR count). The van der Waals surface area contributed by atoms with Crippen LogP contribution in [0.1, 0.15) is 68.9 Å². The molecule has 4 heteroatoms. The van der Waals surface area contributed by atoms with E-state index in [9.17, 15) is 0 Å². The maximum absolute atomic E-state index is 4.31. The van der Waals surface area contributed by atoms with Crippen LogP contribution in [-0.2, 0) is 6.42 Å². The summed E-state index contributed by atoms with van der Waals surface area (Å²) in [6, 6.07) is 0.391. The highest BCUT2D eigenvalue weighted by Gasteiger charge is 2.13. The van der Waals surface area contributed by atoms with Crippen LogP contribution in [-0.4, -0.2) is 16.7 Å². The Balaban J connectivity index is 2.40. The Bertz CT molecular complexity index is 299. The standard InChI is InChI=1S/C13H25N3S/c1-4-7-8-9-10-12-15-16-13(17-12)11(5-2)14-6-3/h11,14H,4-10H2,1-3H3. The fourth-order valence-corrected chi connectivity index (χ4v) is 2.91. The van der Waals surface area contributed by atoms with Gasteiger partial charge in [0, 0.05) is 6.42 Å². The minimum Gasteiger partial charge on any atom is -0.308 e. The van der Waals surface area contributed by atoms with Gasteiger partial charge in [0.1, 0.15) is 10.0 Å². The molecule has 17 heavy (non-hydrogen) atoms. The number of nitrogens with zero attached hydrogens (tertiary/aromatic N) is 2. The van der Waals surface area contributed by atoms with Crippen molar-refractivity contribution in [3.8, 4) is 0 Å². The van der Waals surface area contributed by atoms with Crippen molar-refractivity contribution >= 4 is 11.3 Å². The van der Waals surface area contributed by atoms with Crippen LogP contribution in [0, 0.1) is 0 Å². The summed E-state index contributed by atoms with van der Waals surface area (Å²) in [5.41, 5.74) is 0. The van der Waals surface area contributed by atoms with Crippen molar-refractivity contribution in [1.82, 2.24) is 15.5 Å². The molecule has 0 saturated heterocycles. The quantitative estimate of drug-likeness (QED) is 0.683. The molecule has 0 aliphatic rings. The van der Waals surface area contributed by atoms with E-state index in [0.717, 1.165) is 24.4 Å². The number of hydrogen-bond acceptors (Lipinski definition) is 4. The fourth-order valence-electron chi connectivity index (χ4n) is 1.86. The molecule has 1 heterocycles. The number of aryl methyl sites for hydroxylation is 1. The molecule has 98 valence electrons. The van der Waals surface area contributed by atoms with Gasteiger partial charge < -0.3 is 5.32 Å². The molecular formula is C13H25N3S. The molecule has 0 radical (unpaired) electrons. The molecule has 0 spiro atoms. The van der Waals surface area contributed by atoms with Crippen LogP contribution < -0.4 is 5.32 Å². The van der Waals surface area contributed by atoms with Crippen molar-refractivity contribution in [2.75, 3.05) is 6.54 Å². The molecule has 0 aromatic carbocycles. The van der Waals surface area contributed by atoms with Gasteiger partial charge in [-0.3, -0.25) is 0 Å². The average Bonchev–Trinajstić information content (AvgIpc) is 2.80. The van der Waals surface area contributed by atoms with Crippen LogP contribution in [0.5, 0.6) is 0 Å². The Labute approximate surface area is 109 Å². The number of hydrogen-bond donors (Lipinski definition) is 1. The van der Waals surface area contributed by atoms with Gasteiger partial charge in [0.05, 0.1) is 6.04 Å². The molecule has 1 aromatic rings. The summed E-state index contributed by atoms with van der Waals surface area (Å²) in [6.07, 6.45) is 7.37. The van der Waals surface area contributed by atoms with Gasteiger partial charge in [-0.15, -0.1) is 10.2 Å². The largest absolute Gasteiger partial charge is 0.308 e. The van der Waals surface area contributed by atoms with Gasteiger partial charge in [-0.2, -0.15) is 0 Å². The SMILES string of the molecule is CCCCCCc1nnc(C(CC)NCC)s1. The van der Waals surface area contributed by atoms with Crippen LogP contribution in [0.4, 0.5) is 0 Å². The molecule has 0 aliphatic heterocycles. The summed E-state index contributed by atoms with van der Waals surface area (Å²) >= 11 is 1.78. The Morgan fingerprint density at radius 2 is 1.94 bits per heavy atom. The predicted octanol–water partition coefficient (Wildman–Crippen LogP) is 3.72. The van der Waals surface area contributed by atoms with Gasteiger partial charge in [-0.1, -0.05) is 51.4 Å². The highest BCUT2D eigenvalue weighted by molar-refractivity contribution is 7.11. The minimum atomic E-state index is 0.391. The lowest BCUT2D eigenvalue weighted by atomic mass is 10.2. The molecule has 0 amide bonds. The second kappa shape index (κ2) is 8.59. The third kappa shape index (κ3) is 5.13. The fraction of sp³-hybridized carbons (Fsp3) is 0.846. The van der Waals surface area contributed by atoms with Gasteiger partial charge in [-0.25, -0.2) is 0 Å². The average molecular weight is 255 g/mol. The highest BCUT2D eigenvalue weighted by atomic mass is 32.1. The molecule has 1 atom stereocenters. The molecular weight excluding hydrogens is 230 g/mol. The zero-order valence-corrected chi connectivity index (χ0v) is 12.1. The molecule has 1 N–H and O–H groups in total. The zero-order valence-electron chi connectivity index (χ0n) is 11.3. The first-order valence-corrected chi connectivity index (χ1v) is 7.69. The van der Waals surface area contributed by atoms with Gasteiger partial charge in [-0.05, 0) is 19.4 Å². The van der Waals surface area contributed by atoms with Crippen molar-refractivity contribution in [3.05, 3.63) is 10.0 Å². The Kier molecular flexibility index (Phi) is 7.37. The third-order valence-electron chi connectivity index (χ3n) is 2.88. The van der Waals surface area contributed by atoms with Crippen molar-refractivity contribution in [2.24, 2.45) is 0 Å². The second-order valence-corrected chi connectivity index (χ2v) is 5.46. The predicted molar refractivity (Wildman–Crippen MR) is 74.5 cm³/mol. The summed E-state index contributed by atoms with van der Waals surface area (Å²) in [7, 11) is 0. The summed E-state index contributed by atoms with van der Waals surface area (Å²) in [5, 5.41) is 14.4. The van der Waals surface area contributed by atoms with Crippen molar-refractivity contribution in [1.29, 1.82) is 0 Å². The van der Waals surface area contributed by atoms with E-state index >= 15 is 0 Å². The van der Waals surface area contributed by atoms with E-state index in [4.69, 9.17) is 0 Å². The molecule has 3 nitrogen and oxygen atoms in total. The second-order valence-electron chi connectivity index (χ2n) is 4.36. The number of nitrogens with one attached hydrogen (secondary N) is 1. The molecule has 0 aliphatic carbocycles. The molecule has 0 saturated carbocycles. The van der Waals surface area contributed by atoms with E-state index in [1.165, 1.54) is 30.7 Å². The number of aromatic nitrogens is 2. The molecule has 1 unspecified atom stereocenters. The molecule has 1 aromatic heterocycles. The third-order valence-corrected chi connectivity index (χ3v) is 3.98. The summed E-state index contributed by atoms with van der Waals surface area (Å²) in [4.78, 5) is 0. The number of unbranched alkanes of at least 4 members (excludes halogenated alkanes) is 3. The van der Waals surface area contributed by atoms with Crippen molar-refractivity contribution in [3.63, 3.8) is 0 Å². The highest BCUT2D eigenvalue weighted by Crippen LogP contribution is 2.21. The maximum Gasteiger partial charge on any atom is 0.134 e. The maximum atomic E-state index is 4.31. The smallest absolute Gasteiger partial charge is 0.134 e. The summed E-state index contributed by atoms with van der Waals surface area (Å²) < 4.78 is 0. The molecule has 0 fully saturated rings. The van der Waals surface area contributed by atoms with Gasteiger partial charge in [0.15, 0.2) is 0 Å². The van der Waals surface area contributed by atoms with Gasteiger partial charge in [0.25, 0.3) is 0 Å². The minimum absolute atomic E-state index is 0.391. The lowest BCUT2D eigenvalue weighted by Gasteiger charge is -2.10. The Hall–Kier alpha value is -0.480.